The van der Waals surface area contributed by atoms with Crippen molar-refractivity contribution in [3.8, 4) is 5.75 Å². The number of piperazine rings is 1. The van der Waals surface area contributed by atoms with Crippen molar-refractivity contribution in [2.75, 3.05) is 44.7 Å². The Hall–Kier alpha value is -3.09. The molecule has 1 N–H and O–H groups in total. The minimum absolute atomic E-state index is 0.0707. The molecule has 1 fully saturated rings. The van der Waals surface area contributed by atoms with Crippen molar-refractivity contribution in [2.24, 2.45) is 0 Å². The molecule has 0 atom stereocenters. The molecular weight excluding hydrogens is 349 g/mol. The highest BCUT2D eigenvalue weighted by atomic mass is 19.1. The second-order valence-corrected chi connectivity index (χ2v) is 6.26. The number of hydrogen-bond donors (Lipinski definition) is 1. The van der Waals surface area contributed by atoms with Gasteiger partial charge in [-0.2, -0.15) is 0 Å². The van der Waals surface area contributed by atoms with Gasteiger partial charge >= 0.3 is 0 Å². The number of carbonyl (C=O) groups excluding carboxylic acids is 2. The summed E-state index contributed by atoms with van der Waals surface area (Å²) in [7, 11) is 1.63. The van der Waals surface area contributed by atoms with E-state index in [4.69, 9.17) is 4.74 Å². The normalized spacial score (nSPS) is 14.0. The Morgan fingerprint density at radius 2 is 1.63 bits per heavy atom. The average Bonchev–Trinajstić information content (AvgIpc) is 2.72. The molecule has 0 aromatic heterocycles. The molecule has 0 aliphatic carbocycles. The standard InChI is InChI=1S/C20H22FN3O3/c1-27-18-8-6-17(7-9-18)23-10-12-24(13-11-23)19(25)14-22-20(26)15-2-4-16(21)5-3-15/h2-9H,10-14H2,1H3,(H,22,26). The average molecular weight is 371 g/mol. The van der Waals surface area contributed by atoms with E-state index in [0.717, 1.165) is 24.5 Å². The van der Waals surface area contributed by atoms with E-state index in [1.807, 2.05) is 24.3 Å². The molecule has 2 aromatic carbocycles. The van der Waals surface area contributed by atoms with E-state index in [1.165, 1.54) is 24.3 Å². The first-order chi connectivity index (χ1) is 13.1. The lowest BCUT2D eigenvalue weighted by molar-refractivity contribution is -0.130. The molecule has 27 heavy (non-hydrogen) atoms. The van der Waals surface area contributed by atoms with Crippen LogP contribution in [0.4, 0.5) is 10.1 Å². The molecule has 2 aromatic rings. The van der Waals surface area contributed by atoms with Gasteiger partial charge in [-0.15, -0.1) is 0 Å². The van der Waals surface area contributed by atoms with Gasteiger partial charge in [0.15, 0.2) is 0 Å². The zero-order valence-electron chi connectivity index (χ0n) is 15.2. The third-order valence-corrected chi connectivity index (χ3v) is 4.58. The summed E-state index contributed by atoms with van der Waals surface area (Å²) in [6, 6.07) is 13.0. The van der Waals surface area contributed by atoms with Crippen molar-refractivity contribution < 1.29 is 18.7 Å². The smallest absolute Gasteiger partial charge is 0.251 e. The van der Waals surface area contributed by atoms with Crippen molar-refractivity contribution in [1.29, 1.82) is 0 Å². The van der Waals surface area contributed by atoms with Gasteiger partial charge in [0.05, 0.1) is 13.7 Å². The summed E-state index contributed by atoms with van der Waals surface area (Å²) in [5.74, 6) is -0.109. The quantitative estimate of drug-likeness (QED) is 0.872. The molecule has 142 valence electrons. The van der Waals surface area contributed by atoms with Crippen molar-refractivity contribution in [3.05, 3.63) is 59.9 Å². The third kappa shape index (κ3) is 4.75. The highest BCUT2D eigenvalue weighted by Gasteiger charge is 2.21. The highest BCUT2D eigenvalue weighted by Crippen LogP contribution is 2.20. The van der Waals surface area contributed by atoms with Crippen LogP contribution in [0.2, 0.25) is 0 Å². The number of anilines is 1. The van der Waals surface area contributed by atoms with Crippen LogP contribution in [-0.2, 0) is 4.79 Å². The third-order valence-electron chi connectivity index (χ3n) is 4.58. The zero-order valence-corrected chi connectivity index (χ0v) is 15.2. The summed E-state index contributed by atoms with van der Waals surface area (Å²) in [4.78, 5) is 28.3. The first kappa shape index (κ1) is 18.7. The van der Waals surface area contributed by atoms with E-state index in [9.17, 15) is 14.0 Å². The number of ether oxygens (including phenoxy) is 1. The van der Waals surface area contributed by atoms with Gasteiger partial charge in [0.1, 0.15) is 11.6 Å². The Kier molecular flexibility index (Phi) is 5.90. The Morgan fingerprint density at radius 3 is 2.22 bits per heavy atom. The lowest BCUT2D eigenvalue weighted by Gasteiger charge is -2.36. The molecule has 7 heteroatoms. The van der Waals surface area contributed by atoms with Gasteiger partial charge in [0.25, 0.3) is 5.91 Å². The number of hydrogen-bond acceptors (Lipinski definition) is 4. The van der Waals surface area contributed by atoms with Crippen LogP contribution >= 0.6 is 0 Å². The fourth-order valence-corrected chi connectivity index (χ4v) is 2.98. The van der Waals surface area contributed by atoms with Gasteiger partial charge in [0, 0.05) is 37.4 Å². The van der Waals surface area contributed by atoms with Crippen LogP contribution in [0, 0.1) is 5.82 Å². The van der Waals surface area contributed by atoms with E-state index >= 15 is 0 Å². The van der Waals surface area contributed by atoms with Gasteiger partial charge in [-0.05, 0) is 48.5 Å². The lowest BCUT2D eigenvalue weighted by atomic mass is 10.2. The largest absolute Gasteiger partial charge is 0.497 e. The minimum Gasteiger partial charge on any atom is -0.497 e. The fourth-order valence-electron chi connectivity index (χ4n) is 2.98. The fraction of sp³-hybridized carbons (Fsp3) is 0.300. The molecular formula is C20H22FN3O3. The maximum absolute atomic E-state index is 12.9. The predicted octanol–water partition coefficient (Wildman–Crippen LogP) is 1.91. The second-order valence-electron chi connectivity index (χ2n) is 6.26. The lowest BCUT2D eigenvalue weighted by Crippen LogP contribution is -2.51. The Labute approximate surface area is 157 Å². The molecule has 2 amide bonds. The summed E-state index contributed by atoms with van der Waals surface area (Å²) >= 11 is 0. The monoisotopic (exact) mass is 371 g/mol. The number of halogens is 1. The van der Waals surface area contributed by atoms with Gasteiger partial charge in [-0.1, -0.05) is 0 Å². The molecule has 0 unspecified atom stereocenters. The van der Waals surface area contributed by atoms with E-state index in [0.29, 0.717) is 18.7 Å². The van der Waals surface area contributed by atoms with Crippen molar-refractivity contribution in [2.45, 2.75) is 0 Å². The molecule has 3 rings (SSSR count). The minimum atomic E-state index is -0.405. The molecule has 0 bridgehead atoms. The van der Waals surface area contributed by atoms with Crippen molar-refractivity contribution in [1.82, 2.24) is 10.2 Å². The summed E-state index contributed by atoms with van der Waals surface area (Å²) in [6.45, 7) is 2.57. The van der Waals surface area contributed by atoms with E-state index in [1.54, 1.807) is 12.0 Å². The van der Waals surface area contributed by atoms with Crippen LogP contribution in [0.1, 0.15) is 10.4 Å². The first-order valence-electron chi connectivity index (χ1n) is 8.77. The summed E-state index contributed by atoms with van der Waals surface area (Å²) in [6.07, 6.45) is 0. The topological polar surface area (TPSA) is 61.9 Å². The maximum atomic E-state index is 12.9. The number of carbonyl (C=O) groups is 2. The van der Waals surface area contributed by atoms with Crippen molar-refractivity contribution >= 4 is 17.5 Å². The predicted molar refractivity (Wildman–Crippen MR) is 101 cm³/mol. The molecule has 1 saturated heterocycles. The van der Waals surface area contributed by atoms with Crippen LogP contribution in [-0.4, -0.2) is 56.5 Å². The molecule has 1 heterocycles. The summed E-state index contributed by atoms with van der Waals surface area (Å²) < 4.78 is 18.1. The molecule has 1 aliphatic heterocycles. The number of benzene rings is 2. The Bertz CT molecular complexity index is 785. The summed E-state index contributed by atoms with van der Waals surface area (Å²) in [5.41, 5.74) is 1.42. The SMILES string of the molecule is COc1ccc(N2CCN(C(=O)CNC(=O)c3ccc(F)cc3)CC2)cc1. The number of nitrogens with zero attached hydrogens (tertiary/aromatic N) is 2. The zero-order chi connectivity index (χ0) is 19.2. The van der Waals surface area contributed by atoms with Crippen LogP contribution in [0.25, 0.3) is 0 Å². The van der Waals surface area contributed by atoms with E-state index < -0.39 is 5.82 Å². The van der Waals surface area contributed by atoms with Crippen LogP contribution in [0.15, 0.2) is 48.5 Å². The molecule has 0 spiro atoms. The van der Waals surface area contributed by atoms with E-state index in [-0.39, 0.29) is 18.4 Å². The highest BCUT2D eigenvalue weighted by molar-refractivity contribution is 5.96. The molecule has 0 saturated carbocycles. The van der Waals surface area contributed by atoms with Crippen molar-refractivity contribution in [3.63, 3.8) is 0 Å². The number of rotatable bonds is 5. The number of methoxy groups -OCH3 is 1. The number of amides is 2. The molecule has 1 aliphatic rings. The second kappa shape index (κ2) is 8.53. The van der Waals surface area contributed by atoms with Gasteiger partial charge in [-0.3, -0.25) is 9.59 Å². The van der Waals surface area contributed by atoms with Crippen LogP contribution < -0.4 is 15.0 Å². The van der Waals surface area contributed by atoms with Gasteiger partial charge in [-0.25, -0.2) is 4.39 Å². The van der Waals surface area contributed by atoms with Crippen LogP contribution in [0.5, 0.6) is 5.75 Å². The molecule has 0 radical (unpaired) electrons. The first-order valence-corrected chi connectivity index (χ1v) is 8.77. The Morgan fingerprint density at radius 1 is 1.00 bits per heavy atom. The number of nitrogens with one attached hydrogen (secondary N) is 1. The van der Waals surface area contributed by atoms with Gasteiger partial charge in [0.2, 0.25) is 5.91 Å². The maximum Gasteiger partial charge on any atom is 0.251 e. The van der Waals surface area contributed by atoms with Crippen LogP contribution in [0.3, 0.4) is 0 Å². The van der Waals surface area contributed by atoms with Gasteiger partial charge < -0.3 is 19.9 Å². The van der Waals surface area contributed by atoms with E-state index in [2.05, 4.69) is 10.2 Å². The summed E-state index contributed by atoms with van der Waals surface area (Å²) in [5, 5.41) is 2.59. The Balaban J connectivity index is 1.46. The molecule has 6 nitrogen and oxygen atoms in total.